The van der Waals surface area contributed by atoms with E-state index < -0.39 is 0 Å². The highest BCUT2D eigenvalue weighted by Gasteiger charge is 2.31. The van der Waals surface area contributed by atoms with Crippen molar-refractivity contribution >= 4 is 34.9 Å². The van der Waals surface area contributed by atoms with E-state index in [9.17, 15) is 5.11 Å². The lowest BCUT2D eigenvalue weighted by Crippen LogP contribution is -2.18. The average Bonchev–Trinajstić information content (AvgIpc) is 2.84. The summed E-state index contributed by atoms with van der Waals surface area (Å²) in [7, 11) is 0. The first-order valence-electron chi connectivity index (χ1n) is 6.70. The van der Waals surface area contributed by atoms with Crippen LogP contribution in [0.1, 0.15) is 53.1 Å². The summed E-state index contributed by atoms with van der Waals surface area (Å²) >= 11 is 5.93. The molecule has 0 saturated carbocycles. The van der Waals surface area contributed by atoms with E-state index in [2.05, 4.69) is 30.4 Å². The van der Waals surface area contributed by atoms with Crippen molar-refractivity contribution in [1.29, 1.82) is 0 Å². The molecule has 1 saturated heterocycles. The second-order valence-electron chi connectivity index (χ2n) is 4.88. The van der Waals surface area contributed by atoms with Gasteiger partial charge in [0, 0.05) is 16.8 Å². The van der Waals surface area contributed by atoms with Crippen molar-refractivity contribution in [3.05, 3.63) is 15.6 Å². The minimum Gasteiger partial charge on any atom is -0.388 e. The molecule has 1 aliphatic carbocycles. The Kier molecular flexibility index (Phi) is 4.23. The molecule has 3 unspecified atom stereocenters. The Bertz CT molecular complexity index is 420. The third-order valence-electron chi connectivity index (χ3n) is 3.63. The van der Waals surface area contributed by atoms with Gasteiger partial charge in [0.25, 0.3) is 0 Å². The summed E-state index contributed by atoms with van der Waals surface area (Å²) in [6.45, 7) is 2.28. The summed E-state index contributed by atoms with van der Waals surface area (Å²) in [5, 5.41) is 12.6. The van der Waals surface area contributed by atoms with E-state index in [-0.39, 0.29) is 6.10 Å². The number of aliphatic hydroxyl groups is 1. The molecule has 1 aliphatic heterocycles. The second kappa shape index (κ2) is 5.73. The van der Waals surface area contributed by atoms with Crippen LogP contribution in [-0.4, -0.2) is 26.8 Å². The summed E-state index contributed by atoms with van der Waals surface area (Å²) in [6.07, 6.45) is 4.03. The number of hydrogen-bond acceptors (Lipinski definition) is 5. The minimum atomic E-state index is -0.249. The molecule has 0 aromatic carbocycles. The lowest BCUT2D eigenvalue weighted by Gasteiger charge is -2.28. The van der Waals surface area contributed by atoms with Gasteiger partial charge in [-0.25, -0.2) is 4.98 Å². The zero-order valence-corrected chi connectivity index (χ0v) is 13.0. The minimum absolute atomic E-state index is 0.249. The second-order valence-corrected chi connectivity index (χ2v) is 8.54. The zero-order chi connectivity index (χ0) is 12.5. The fourth-order valence-electron chi connectivity index (χ4n) is 2.67. The van der Waals surface area contributed by atoms with Crippen molar-refractivity contribution in [1.82, 2.24) is 4.98 Å². The van der Waals surface area contributed by atoms with Gasteiger partial charge in [0.2, 0.25) is 0 Å². The van der Waals surface area contributed by atoms with Gasteiger partial charge in [-0.05, 0) is 25.7 Å². The fourth-order valence-corrected chi connectivity index (χ4v) is 7.22. The lowest BCUT2D eigenvalue weighted by atomic mass is 10.0. The molecule has 0 bridgehead atoms. The van der Waals surface area contributed by atoms with Crippen LogP contribution >= 0.6 is 34.9 Å². The van der Waals surface area contributed by atoms with Gasteiger partial charge < -0.3 is 5.11 Å². The van der Waals surface area contributed by atoms with E-state index in [1.54, 1.807) is 11.3 Å². The van der Waals surface area contributed by atoms with Crippen LogP contribution in [0.15, 0.2) is 0 Å². The maximum absolute atomic E-state index is 10.1. The average molecular weight is 302 g/mol. The van der Waals surface area contributed by atoms with Crippen molar-refractivity contribution in [2.45, 2.75) is 49.2 Å². The number of nitrogens with zero attached hydrogens (tertiary/aromatic N) is 1. The van der Waals surface area contributed by atoms with Gasteiger partial charge in [-0.15, -0.1) is 23.1 Å². The number of aliphatic hydroxyl groups excluding tert-OH is 1. The van der Waals surface area contributed by atoms with E-state index in [0.717, 1.165) is 24.1 Å². The van der Waals surface area contributed by atoms with E-state index in [4.69, 9.17) is 4.98 Å². The van der Waals surface area contributed by atoms with E-state index in [0.29, 0.717) is 10.5 Å². The van der Waals surface area contributed by atoms with Gasteiger partial charge >= 0.3 is 0 Å². The van der Waals surface area contributed by atoms with E-state index >= 15 is 0 Å². The molecule has 100 valence electrons. The SMILES string of the molecule is CCC1SCCSC1c1nc2c(s1)C(O)CCC2. The quantitative estimate of drug-likeness (QED) is 0.900. The van der Waals surface area contributed by atoms with Crippen molar-refractivity contribution in [3.63, 3.8) is 0 Å². The third-order valence-corrected chi connectivity index (χ3v) is 8.32. The summed E-state index contributed by atoms with van der Waals surface area (Å²) in [4.78, 5) is 6.00. The zero-order valence-electron chi connectivity index (χ0n) is 10.6. The molecule has 0 spiro atoms. The molecule has 1 aromatic rings. The molecule has 1 N–H and O–H groups in total. The molecule has 2 heterocycles. The van der Waals surface area contributed by atoms with Crippen LogP contribution in [-0.2, 0) is 6.42 Å². The summed E-state index contributed by atoms with van der Waals surface area (Å²) < 4.78 is 0. The van der Waals surface area contributed by atoms with Crippen LogP contribution < -0.4 is 0 Å². The molecule has 3 rings (SSSR count). The Hall–Kier alpha value is 0.290. The predicted molar refractivity (Wildman–Crippen MR) is 81.7 cm³/mol. The van der Waals surface area contributed by atoms with Crippen LogP contribution in [0.3, 0.4) is 0 Å². The van der Waals surface area contributed by atoms with Crippen molar-refractivity contribution in [3.8, 4) is 0 Å². The third kappa shape index (κ3) is 2.47. The highest BCUT2D eigenvalue weighted by molar-refractivity contribution is 8.06. The monoisotopic (exact) mass is 301 g/mol. The number of rotatable bonds is 2. The highest BCUT2D eigenvalue weighted by Crippen LogP contribution is 2.47. The molecule has 0 amide bonds. The molecule has 2 aliphatic rings. The number of thioether (sulfide) groups is 2. The normalized spacial score (nSPS) is 32.2. The molecule has 2 nitrogen and oxygen atoms in total. The standard InChI is InChI=1S/C13H19NOS3/c1-2-10-12(17-7-6-16-10)13-14-8-4-3-5-9(15)11(8)18-13/h9-10,12,15H,2-7H2,1H3. The topological polar surface area (TPSA) is 33.1 Å². The first-order chi connectivity index (χ1) is 8.79. The van der Waals surface area contributed by atoms with Crippen molar-refractivity contribution in [2.24, 2.45) is 0 Å². The van der Waals surface area contributed by atoms with Crippen molar-refractivity contribution < 1.29 is 5.11 Å². The fraction of sp³-hybridized carbons (Fsp3) is 0.769. The van der Waals surface area contributed by atoms with Gasteiger partial charge in [0.15, 0.2) is 0 Å². The van der Waals surface area contributed by atoms with E-state index in [1.807, 2.05) is 0 Å². The number of thiazole rings is 1. The van der Waals surface area contributed by atoms with E-state index in [1.165, 1.54) is 28.6 Å². The molecule has 5 heteroatoms. The van der Waals surface area contributed by atoms with Gasteiger partial charge in [-0.3, -0.25) is 0 Å². The Labute approximate surface area is 121 Å². The van der Waals surface area contributed by atoms with Crippen molar-refractivity contribution in [2.75, 3.05) is 11.5 Å². The summed E-state index contributed by atoms with van der Waals surface area (Å²) in [6, 6.07) is 0. The van der Waals surface area contributed by atoms with Crippen LogP contribution in [0.4, 0.5) is 0 Å². The highest BCUT2D eigenvalue weighted by atomic mass is 32.2. The molecule has 0 radical (unpaired) electrons. The van der Waals surface area contributed by atoms with Crippen LogP contribution in [0.5, 0.6) is 0 Å². The number of aryl methyl sites for hydroxylation is 1. The summed E-state index contributed by atoms with van der Waals surface area (Å²) in [5.74, 6) is 2.51. The smallest absolute Gasteiger partial charge is 0.107 e. The van der Waals surface area contributed by atoms with Crippen LogP contribution in [0.25, 0.3) is 0 Å². The largest absolute Gasteiger partial charge is 0.388 e. The number of aromatic nitrogens is 1. The number of fused-ring (bicyclic) bond motifs is 1. The van der Waals surface area contributed by atoms with Crippen LogP contribution in [0, 0.1) is 0 Å². The maximum Gasteiger partial charge on any atom is 0.107 e. The Balaban J connectivity index is 1.87. The maximum atomic E-state index is 10.1. The molecule has 1 aromatic heterocycles. The Morgan fingerprint density at radius 2 is 2.17 bits per heavy atom. The molecule has 18 heavy (non-hydrogen) atoms. The number of hydrogen-bond donors (Lipinski definition) is 1. The first kappa shape index (κ1) is 13.3. The van der Waals surface area contributed by atoms with Gasteiger partial charge in [-0.1, -0.05) is 6.92 Å². The van der Waals surface area contributed by atoms with Gasteiger partial charge in [0.1, 0.15) is 5.01 Å². The predicted octanol–water partition coefficient (Wildman–Crippen LogP) is 3.81. The molecule has 3 atom stereocenters. The molecular weight excluding hydrogens is 282 g/mol. The molecule has 1 fully saturated rings. The molecular formula is C13H19NOS3. The Morgan fingerprint density at radius 1 is 1.33 bits per heavy atom. The van der Waals surface area contributed by atoms with Gasteiger partial charge in [-0.2, -0.15) is 11.8 Å². The van der Waals surface area contributed by atoms with Gasteiger partial charge in [0.05, 0.1) is 21.9 Å². The Morgan fingerprint density at radius 3 is 2.94 bits per heavy atom. The van der Waals surface area contributed by atoms with Crippen LogP contribution in [0.2, 0.25) is 0 Å². The lowest BCUT2D eigenvalue weighted by molar-refractivity contribution is 0.160. The first-order valence-corrected chi connectivity index (χ1v) is 9.61. The summed E-state index contributed by atoms with van der Waals surface area (Å²) in [5.41, 5.74) is 1.18.